The molecule has 11 heteroatoms. The molecule has 0 bridgehead atoms. The third-order valence-corrected chi connectivity index (χ3v) is 7.52. The number of piperidine rings is 1. The van der Waals surface area contributed by atoms with Crippen molar-refractivity contribution >= 4 is 33.0 Å². The molecule has 2 aromatic heterocycles. The first-order chi connectivity index (χ1) is 15.2. The Bertz CT molecular complexity index is 1250. The fraction of sp³-hybridized carbons (Fsp3) is 0.333. The summed E-state index contributed by atoms with van der Waals surface area (Å²) in [6.45, 7) is 3.13. The van der Waals surface area contributed by atoms with Crippen LogP contribution in [0.25, 0.3) is 10.7 Å². The number of likely N-dealkylation sites (tertiary alicyclic amines) is 1. The predicted octanol–water partition coefficient (Wildman–Crippen LogP) is 4.01. The molecule has 1 amide bonds. The predicted molar refractivity (Wildman–Crippen MR) is 118 cm³/mol. The largest absolute Gasteiger partial charge is 0.341 e. The number of anilines is 1. The van der Waals surface area contributed by atoms with E-state index in [-0.39, 0.29) is 17.3 Å². The first-order valence-corrected chi connectivity index (χ1v) is 12.5. The monoisotopic (exact) mass is 480 g/mol. The van der Waals surface area contributed by atoms with Gasteiger partial charge in [0.15, 0.2) is 0 Å². The molecule has 3 heterocycles. The van der Waals surface area contributed by atoms with Crippen LogP contribution in [0, 0.1) is 18.6 Å². The van der Waals surface area contributed by atoms with E-state index in [1.165, 1.54) is 23.6 Å². The lowest BCUT2D eigenvalue weighted by Crippen LogP contribution is -2.37. The second kappa shape index (κ2) is 8.99. The van der Waals surface area contributed by atoms with E-state index in [1.807, 2.05) is 12.3 Å². The van der Waals surface area contributed by atoms with Crippen molar-refractivity contribution in [1.82, 2.24) is 14.5 Å². The fourth-order valence-corrected chi connectivity index (χ4v) is 5.51. The van der Waals surface area contributed by atoms with Crippen molar-refractivity contribution in [1.29, 1.82) is 0 Å². The van der Waals surface area contributed by atoms with E-state index in [9.17, 15) is 22.0 Å². The van der Waals surface area contributed by atoms with Crippen LogP contribution < -0.4 is 4.72 Å². The lowest BCUT2D eigenvalue weighted by atomic mass is 10.1. The average Bonchev–Trinajstić information content (AvgIpc) is 3.38. The van der Waals surface area contributed by atoms with Gasteiger partial charge in [0, 0.05) is 36.4 Å². The molecule has 1 aliphatic heterocycles. The molecule has 0 atom stereocenters. The maximum absolute atomic E-state index is 14.0. The van der Waals surface area contributed by atoms with Crippen LogP contribution in [0.1, 0.15) is 25.0 Å². The van der Waals surface area contributed by atoms with Crippen LogP contribution >= 0.6 is 11.3 Å². The summed E-state index contributed by atoms with van der Waals surface area (Å²) >= 11 is 1.33. The Labute approximate surface area is 188 Å². The number of amides is 1. The smallest absolute Gasteiger partial charge is 0.263 e. The highest BCUT2D eigenvalue weighted by atomic mass is 32.2. The molecule has 1 fully saturated rings. The number of nitrogens with zero attached hydrogens (tertiary/aromatic N) is 3. The Morgan fingerprint density at radius 3 is 2.62 bits per heavy atom. The van der Waals surface area contributed by atoms with Gasteiger partial charge in [-0.15, -0.1) is 11.3 Å². The first kappa shape index (κ1) is 22.4. The molecule has 0 radical (unpaired) electrons. The molecule has 170 valence electrons. The van der Waals surface area contributed by atoms with Crippen LogP contribution in [-0.4, -0.2) is 41.9 Å². The second-order valence-corrected chi connectivity index (χ2v) is 10.2. The van der Waals surface area contributed by atoms with Crippen LogP contribution in [-0.2, 0) is 21.4 Å². The number of aromatic nitrogens is 2. The summed E-state index contributed by atoms with van der Waals surface area (Å²) in [5.41, 5.74) is 0.742. The summed E-state index contributed by atoms with van der Waals surface area (Å²) in [5, 5.41) is 2.39. The maximum atomic E-state index is 14.0. The second-order valence-electron chi connectivity index (χ2n) is 7.65. The number of benzene rings is 1. The summed E-state index contributed by atoms with van der Waals surface area (Å²) in [6, 6.07) is 3.91. The molecular weight excluding hydrogens is 458 g/mol. The summed E-state index contributed by atoms with van der Waals surface area (Å²) in [6.07, 6.45) is 4.30. The topological polar surface area (TPSA) is 84.3 Å². The summed E-state index contributed by atoms with van der Waals surface area (Å²) in [4.78, 5) is 18.8. The molecule has 1 aliphatic rings. The highest BCUT2D eigenvalue weighted by Gasteiger charge is 2.24. The molecule has 3 aromatic rings. The molecule has 0 spiro atoms. The Kier molecular flexibility index (Phi) is 6.29. The van der Waals surface area contributed by atoms with Crippen LogP contribution in [0.15, 0.2) is 40.7 Å². The minimum Gasteiger partial charge on any atom is -0.341 e. The van der Waals surface area contributed by atoms with Crippen molar-refractivity contribution in [2.45, 2.75) is 37.6 Å². The van der Waals surface area contributed by atoms with E-state index in [2.05, 4.69) is 9.71 Å². The molecular formula is C21H22F2N4O3S2. The molecule has 7 nitrogen and oxygen atoms in total. The number of sulfonamides is 1. The zero-order valence-electron chi connectivity index (χ0n) is 17.3. The zero-order chi connectivity index (χ0) is 22.9. The molecule has 0 unspecified atom stereocenters. The van der Waals surface area contributed by atoms with E-state index in [4.69, 9.17) is 0 Å². The van der Waals surface area contributed by atoms with Gasteiger partial charge in [0.2, 0.25) is 5.91 Å². The third-order valence-electron chi connectivity index (χ3n) is 5.21. The van der Waals surface area contributed by atoms with Gasteiger partial charge in [0.1, 0.15) is 28.1 Å². The van der Waals surface area contributed by atoms with E-state index in [1.54, 1.807) is 9.47 Å². The van der Waals surface area contributed by atoms with Gasteiger partial charge in [0.25, 0.3) is 10.0 Å². The van der Waals surface area contributed by atoms with Crippen molar-refractivity contribution in [3.8, 4) is 10.7 Å². The van der Waals surface area contributed by atoms with Gasteiger partial charge in [-0.05, 0) is 44.4 Å². The van der Waals surface area contributed by atoms with Gasteiger partial charge >= 0.3 is 0 Å². The summed E-state index contributed by atoms with van der Waals surface area (Å²) < 4.78 is 57.0. The van der Waals surface area contributed by atoms with Gasteiger partial charge in [-0.3, -0.25) is 9.52 Å². The number of aryl methyl sites for hydroxylation is 1. The highest BCUT2D eigenvalue weighted by molar-refractivity contribution is 7.92. The number of carbonyl (C=O) groups is 1. The zero-order valence-corrected chi connectivity index (χ0v) is 19.0. The molecule has 4 rings (SSSR count). The first-order valence-electron chi connectivity index (χ1n) is 10.1. The standard InChI is InChI=1S/C21H22F2N4O3S2/c1-14-13-31-21(24-14)19-10-16(11-27(19)12-20(28)26-7-3-2-4-8-26)32(29,30)25-18-9-15(22)5-6-17(18)23/h5-6,9-11,13,25H,2-4,7-8,12H2,1H3. The quantitative estimate of drug-likeness (QED) is 0.578. The Hall–Kier alpha value is -2.79. The fourth-order valence-electron chi connectivity index (χ4n) is 3.58. The molecule has 1 N–H and O–H groups in total. The molecule has 1 saturated heterocycles. The number of nitrogens with one attached hydrogen (secondary N) is 1. The normalized spacial score (nSPS) is 14.5. The van der Waals surface area contributed by atoms with E-state index >= 15 is 0 Å². The Morgan fingerprint density at radius 2 is 1.94 bits per heavy atom. The van der Waals surface area contributed by atoms with Gasteiger partial charge < -0.3 is 9.47 Å². The van der Waals surface area contributed by atoms with Gasteiger partial charge in [-0.1, -0.05) is 0 Å². The van der Waals surface area contributed by atoms with Crippen LogP contribution in [0.4, 0.5) is 14.5 Å². The number of hydrogen-bond acceptors (Lipinski definition) is 5. The molecule has 1 aromatic carbocycles. The minimum atomic E-state index is -4.24. The van der Waals surface area contributed by atoms with E-state index in [0.717, 1.165) is 43.2 Å². The van der Waals surface area contributed by atoms with E-state index in [0.29, 0.717) is 23.8 Å². The van der Waals surface area contributed by atoms with Crippen LogP contribution in [0.2, 0.25) is 0 Å². The van der Waals surface area contributed by atoms with Crippen molar-refractivity contribution < 1.29 is 22.0 Å². The highest BCUT2D eigenvalue weighted by Crippen LogP contribution is 2.29. The van der Waals surface area contributed by atoms with Gasteiger partial charge in [-0.2, -0.15) is 0 Å². The van der Waals surface area contributed by atoms with Crippen LogP contribution in [0.3, 0.4) is 0 Å². The molecule has 0 saturated carbocycles. The maximum Gasteiger partial charge on any atom is 0.263 e. The summed E-state index contributed by atoms with van der Waals surface area (Å²) in [5.74, 6) is -1.78. The number of halogens is 2. The van der Waals surface area contributed by atoms with Gasteiger partial charge in [0.05, 0.1) is 11.4 Å². The lowest BCUT2D eigenvalue weighted by Gasteiger charge is -2.27. The molecule has 32 heavy (non-hydrogen) atoms. The van der Waals surface area contributed by atoms with Crippen molar-refractivity contribution in [3.05, 3.63) is 53.2 Å². The van der Waals surface area contributed by atoms with Crippen molar-refractivity contribution in [3.63, 3.8) is 0 Å². The van der Waals surface area contributed by atoms with Crippen molar-refractivity contribution in [2.75, 3.05) is 17.8 Å². The lowest BCUT2D eigenvalue weighted by molar-refractivity contribution is -0.132. The number of thiazole rings is 1. The average molecular weight is 481 g/mol. The SMILES string of the molecule is Cc1csc(-c2cc(S(=O)(=O)Nc3cc(F)ccc3F)cn2CC(=O)N2CCCCC2)n1. The minimum absolute atomic E-state index is 0.0438. The van der Waals surface area contributed by atoms with Crippen molar-refractivity contribution in [2.24, 2.45) is 0 Å². The number of carbonyl (C=O) groups excluding carboxylic acids is 1. The van der Waals surface area contributed by atoms with E-state index < -0.39 is 27.3 Å². The Balaban J connectivity index is 1.68. The van der Waals surface area contributed by atoms with Gasteiger partial charge in [-0.25, -0.2) is 22.2 Å². The third kappa shape index (κ3) is 4.83. The Morgan fingerprint density at radius 1 is 1.19 bits per heavy atom. The number of hydrogen-bond donors (Lipinski definition) is 1. The number of rotatable bonds is 6. The summed E-state index contributed by atoms with van der Waals surface area (Å²) in [7, 11) is -4.24. The molecule has 0 aliphatic carbocycles. The van der Waals surface area contributed by atoms with Crippen LogP contribution in [0.5, 0.6) is 0 Å².